The van der Waals surface area contributed by atoms with Gasteiger partial charge < -0.3 is 15.2 Å². The van der Waals surface area contributed by atoms with Crippen LogP contribution in [0.25, 0.3) is 0 Å². The zero-order valence-corrected chi connectivity index (χ0v) is 12.4. The fraction of sp³-hybridized carbons (Fsp3) is 0.562. The first-order valence-electron chi connectivity index (χ1n) is 7.15. The van der Waals surface area contributed by atoms with E-state index in [0.29, 0.717) is 22.9 Å². The molecule has 1 fully saturated rings. The Morgan fingerprint density at radius 1 is 1.25 bits per heavy atom. The molecule has 2 rings (SSSR count). The number of benzene rings is 1. The minimum Gasteiger partial charge on any atom is -0.488 e. The largest absolute Gasteiger partial charge is 0.488 e. The van der Waals surface area contributed by atoms with Gasteiger partial charge in [0.2, 0.25) is 0 Å². The van der Waals surface area contributed by atoms with Crippen molar-refractivity contribution < 1.29 is 14.3 Å². The third kappa shape index (κ3) is 3.24. The quantitative estimate of drug-likeness (QED) is 0.680. The molecule has 0 aromatic heterocycles. The maximum absolute atomic E-state index is 11.5. The molecule has 3 atom stereocenters. The van der Waals surface area contributed by atoms with Crippen molar-refractivity contribution in [2.45, 2.75) is 39.2 Å². The van der Waals surface area contributed by atoms with Crippen LogP contribution in [0.3, 0.4) is 0 Å². The van der Waals surface area contributed by atoms with E-state index in [1.807, 2.05) is 0 Å². The Balaban J connectivity index is 2.10. The van der Waals surface area contributed by atoms with E-state index in [4.69, 9.17) is 15.2 Å². The van der Waals surface area contributed by atoms with Gasteiger partial charge in [-0.3, -0.25) is 0 Å². The number of nitrogen functional groups attached to an aromatic ring is 1. The molecule has 1 saturated carbocycles. The minimum absolute atomic E-state index is 0.177. The maximum Gasteiger partial charge on any atom is 0.337 e. The molecule has 0 aliphatic heterocycles. The van der Waals surface area contributed by atoms with Crippen LogP contribution in [0, 0.1) is 11.8 Å². The predicted octanol–water partition coefficient (Wildman–Crippen LogP) is 3.26. The first-order valence-corrected chi connectivity index (χ1v) is 7.15. The van der Waals surface area contributed by atoms with Gasteiger partial charge >= 0.3 is 5.97 Å². The van der Waals surface area contributed by atoms with Crippen LogP contribution in [0.15, 0.2) is 18.2 Å². The van der Waals surface area contributed by atoms with Gasteiger partial charge in [-0.15, -0.1) is 0 Å². The summed E-state index contributed by atoms with van der Waals surface area (Å²) < 4.78 is 10.7. The van der Waals surface area contributed by atoms with Gasteiger partial charge in [-0.05, 0) is 49.3 Å². The van der Waals surface area contributed by atoms with E-state index in [1.165, 1.54) is 13.5 Å². The summed E-state index contributed by atoms with van der Waals surface area (Å²) in [7, 11) is 1.36. The summed E-state index contributed by atoms with van der Waals surface area (Å²) in [4.78, 5) is 11.5. The molecule has 0 spiro atoms. The number of nitrogens with two attached hydrogens (primary N) is 1. The topological polar surface area (TPSA) is 61.5 Å². The third-order valence-corrected chi connectivity index (χ3v) is 4.28. The first-order chi connectivity index (χ1) is 9.51. The van der Waals surface area contributed by atoms with Crippen molar-refractivity contribution in [2.75, 3.05) is 12.8 Å². The summed E-state index contributed by atoms with van der Waals surface area (Å²) in [5, 5.41) is 0. The van der Waals surface area contributed by atoms with Crippen molar-refractivity contribution in [3.05, 3.63) is 23.8 Å². The van der Waals surface area contributed by atoms with E-state index in [1.54, 1.807) is 18.2 Å². The average molecular weight is 277 g/mol. The maximum atomic E-state index is 11.5. The number of methoxy groups -OCH3 is 1. The summed E-state index contributed by atoms with van der Waals surface area (Å²) in [6, 6.07) is 5.01. The zero-order chi connectivity index (χ0) is 14.7. The summed E-state index contributed by atoms with van der Waals surface area (Å²) in [5.74, 6) is 1.60. The van der Waals surface area contributed by atoms with Crippen LogP contribution >= 0.6 is 0 Å². The molecule has 1 aromatic rings. The number of carbonyl (C=O) groups excluding carboxylic acids is 1. The molecule has 1 aromatic carbocycles. The van der Waals surface area contributed by atoms with E-state index in [-0.39, 0.29) is 12.1 Å². The summed E-state index contributed by atoms with van der Waals surface area (Å²) in [5.41, 5.74) is 6.96. The molecule has 0 amide bonds. The fourth-order valence-corrected chi connectivity index (χ4v) is 2.67. The predicted molar refractivity (Wildman–Crippen MR) is 78.8 cm³/mol. The van der Waals surface area contributed by atoms with Gasteiger partial charge in [0.15, 0.2) is 0 Å². The highest BCUT2D eigenvalue weighted by atomic mass is 16.5. The molecule has 0 heterocycles. The Morgan fingerprint density at radius 3 is 2.65 bits per heavy atom. The highest BCUT2D eigenvalue weighted by Crippen LogP contribution is 2.33. The molecule has 0 bridgehead atoms. The molecular weight excluding hydrogens is 254 g/mol. The van der Waals surface area contributed by atoms with Crippen LogP contribution in [-0.4, -0.2) is 19.2 Å². The minimum atomic E-state index is -0.375. The molecule has 3 unspecified atom stereocenters. The molecule has 1 aliphatic carbocycles. The van der Waals surface area contributed by atoms with Gasteiger partial charge in [0.05, 0.1) is 24.5 Å². The number of hydrogen-bond donors (Lipinski definition) is 1. The normalized spacial score (nSPS) is 26.1. The van der Waals surface area contributed by atoms with Gasteiger partial charge in [-0.1, -0.05) is 13.8 Å². The monoisotopic (exact) mass is 277 g/mol. The molecule has 20 heavy (non-hydrogen) atoms. The second kappa shape index (κ2) is 6.16. The smallest absolute Gasteiger partial charge is 0.337 e. The van der Waals surface area contributed by atoms with Gasteiger partial charge in [0.1, 0.15) is 5.75 Å². The van der Waals surface area contributed by atoms with E-state index in [9.17, 15) is 4.79 Å². The third-order valence-electron chi connectivity index (χ3n) is 4.28. The van der Waals surface area contributed by atoms with Crippen molar-refractivity contribution in [3.8, 4) is 5.75 Å². The van der Waals surface area contributed by atoms with E-state index < -0.39 is 0 Å². The molecule has 4 nitrogen and oxygen atoms in total. The van der Waals surface area contributed by atoms with E-state index in [0.717, 1.165) is 18.8 Å². The van der Waals surface area contributed by atoms with Crippen molar-refractivity contribution in [3.63, 3.8) is 0 Å². The summed E-state index contributed by atoms with van der Waals surface area (Å²) in [6.45, 7) is 4.54. The van der Waals surface area contributed by atoms with Crippen LogP contribution < -0.4 is 10.5 Å². The van der Waals surface area contributed by atoms with Crippen LogP contribution in [0.4, 0.5) is 5.69 Å². The molecule has 1 aliphatic rings. The lowest BCUT2D eigenvalue weighted by molar-refractivity contribution is 0.0599. The molecular formula is C16H23NO3. The lowest BCUT2D eigenvalue weighted by Crippen LogP contribution is -2.29. The second-order valence-corrected chi connectivity index (χ2v) is 5.75. The summed E-state index contributed by atoms with van der Waals surface area (Å²) >= 11 is 0. The number of carbonyl (C=O) groups is 1. The Hall–Kier alpha value is -1.71. The van der Waals surface area contributed by atoms with Crippen molar-refractivity contribution in [1.82, 2.24) is 0 Å². The Labute approximate surface area is 120 Å². The van der Waals surface area contributed by atoms with E-state index in [2.05, 4.69) is 13.8 Å². The van der Waals surface area contributed by atoms with Gasteiger partial charge in [0, 0.05) is 0 Å². The number of hydrogen-bond acceptors (Lipinski definition) is 4. The van der Waals surface area contributed by atoms with Crippen molar-refractivity contribution >= 4 is 11.7 Å². The Morgan fingerprint density at radius 2 is 2.00 bits per heavy atom. The average Bonchev–Trinajstić information content (AvgIpc) is 2.44. The Kier molecular flexibility index (Phi) is 4.53. The molecule has 4 heteroatoms. The molecule has 2 N–H and O–H groups in total. The molecule has 0 saturated heterocycles. The summed E-state index contributed by atoms with van der Waals surface area (Å²) in [6.07, 6.45) is 3.41. The lowest BCUT2D eigenvalue weighted by atomic mass is 9.80. The van der Waals surface area contributed by atoms with E-state index >= 15 is 0 Å². The number of anilines is 1. The number of ether oxygens (including phenoxy) is 2. The second-order valence-electron chi connectivity index (χ2n) is 5.75. The van der Waals surface area contributed by atoms with Crippen molar-refractivity contribution in [1.29, 1.82) is 0 Å². The number of esters is 1. The van der Waals surface area contributed by atoms with Crippen LogP contribution in [0.2, 0.25) is 0 Å². The van der Waals surface area contributed by atoms with Crippen LogP contribution in [0.1, 0.15) is 43.5 Å². The van der Waals surface area contributed by atoms with Crippen molar-refractivity contribution in [2.24, 2.45) is 11.8 Å². The SMILES string of the molecule is COC(=O)c1ccc(N)c(OC2CCC(C)C(C)C2)c1. The van der Waals surface area contributed by atoms with Gasteiger partial charge in [0.25, 0.3) is 0 Å². The van der Waals surface area contributed by atoms with Gasteiger partial charge in [-0.2, -0.15) is 0 Å². The van der Waals surface area contributed by atoms with Crippen LogP contribution in [-0.2, 0) is 4.74 Å². The zero-order valence-electron chi connectivity index (χ0n) is 12.4. The standard InChI is InChI=1S/C16H23NO3/c1-10-4-6-13(8-11(10)2)20-15-9-12(16(18)19-3)5-7-14(15)17/h5,7,9-11,13H,4,6,8,17H2,1-3H3. The van der Waals surface area contributed by atoms with Crippen LogP contribution in [0.5, 0.6) is 5.75 Å². The molecule has 0 radical (unpaired) electrons. The fourth-order valence-electron chi connectivity index (χ4n) is 2.67. The first kappa shape index (κ1) is 14.7. The highest BCUT2D eigenvalue weighted by molar-refractivity contribution is 5.90. The molecule has 110 valence electrons. The lowest BCUT2D eigenvalue weighted by Gasteiger charge is -2.32. The number of rotatable bonds is 3. The highest BCUT2D eigenvalue weighted by Gasteiger charge is 2.26. The van der Waals surface area contributed by atoms with Gasteiger partial charge in [-0.25, -0.2) is 4.79 Å². The Bertz CT molecular complexity index is 487.